The summed E-state index contributed by atoms with van der Waals surface area (Å²) >= 11 is 0. The predicted octanol–water partition coefficient (Wildman–Crippen LogP) is 25.2. The molecule has 0 bridgehead atoms. The number of carbonyl (C=O) groups excluding carboxylic acids is 4. The van der Waals surface area contributed by atoms with Gasteiger partial charge in [0.15, 0.2) is 12.2 Å². The van der Waals surface area contributed by atoms with E-state index in [9.17, 15) is 43.2 Å². The Morgan fingerprint density at radius 3 is 0.667 bits per heavy atom. The van der Waals surface area contributed by atoms with Crippen molar-refractivity contribution in [3.8, 4) is 0 Å². The Hall–Kier alpha value is -1.94. The van der Waals surface area contributed by atoms with Crippen molar-refractivity contribution in [2.75, 3.05) is 39.6 Å². The number of rotatable bonds is 83. The molecule has 0 saturated carbocycles. The second-order valence-corrected chi connectivity index (χ2v) is 33.3. The zero-order chi connectivity index (χ0) is 74.8. The summed E-state index contributed by atoms with van der Waals surface area (Å²) in [4.78, 5) is 73.1. The van der Waals surface area contributed by atoms with Crippen LogP contribution in [-0.2, 0) is 65.4 Å². The Labute approximate surface area is 626 Å². The SMILES string of the molecule is CCCCCCCCCCCCCCCCCCCCCCC(=O)O[C@H](COC(=O)CCCCCCCCCCCCCCCCCCCCC)COP(=O)(O)OC[C@@H](O)COP(=O)(O)OC[C@@H](COC(=O)CCCCCCCCCC(C)C)OC(=O)CCCCCCCCCCCCCCC. The maximum Gasteiger partial charge on any atom is 0.472 e. The minimum absolute atomic E-state index is 0.107. The molecule has 0 aliphatic rings. The van der Waals surface area contributed by atoms with Crippen LogP contribution < -0.4 is 0 Å². The Kier molecular flexibility index (Phi) is 74.4. The number of hydrogen-bond acceptors (Lipinski definition) is 15. The van der Waals surface area contributed by atoms with Gasteiger partial charge in [0.05, 0.1) is 26.4 Å². The first-order chi connectivity index (χ1) is 49.5. The van der Waals surface area contributed by atoms with Gasteiger partial charge in [0, 0.05) is 25.7 Å². The van der Waals surface area contributed by atoms with Crippen LogP contribution in [0, 0.1) is 5.92 Å². The first-order valence-electron chi connectivity index (χ1n) is 43.1. The van der Waals surface area contributed by atoms with Crippen LogP contribution in [0.5, 0.6) is 0 Å². The van der Waals surface area contributed by atoms with E-state index in [1.807, 2.05) is 0 Å². The Morgan fingerprint density at radius 2 is 0.451 bits per heavy atom. The normalized spacial score (nSPS) is 13.8. The molecule has 0 heterocycles. The monoisotopic (exact) mass is 1490 g/mol. The fourth-order valence-corrected chi connectivity index (χ4v) is 14.5. The lowest BCUT2D eigenvalue weighted by Crippen LogP contribution is -2.30. The molecule has 0 aliphatic carbocycles. The molecular weight excluding hydrogens is 1330 g/mol. The van der Waals surface area contributed by atoms with E-state index in [4.69, 9.17) is 37.0 Å². The summed E-state index contributed by atoms with van der Waals surface area (Å²) in [5, 5.41) is 10.6. The maximum absolute atomic E-state index is 13.1. The van der Waals surface area contributed by atoms with Crippen molar-refractivity contribution in [2.24, 2.45) is 5.92 Å². The number of aliphatic hydroxyl groups excluding tert-OH is 1. The van der Waals surface area contributed by atoms with E-state index in [1.54, 1.807) is 0 Å². The van der Waals surface area contributed by atoms with Crippen LogP contribution in [0.3, 0.4) is 0 Å². The van der Waals surface area contributed by atoms with Gasteiger partial charge < -0.3 is 33.8 Å². The highest BCUT2D eigenvalue weighted by molar-refractivity contribution is 7.47. The highest BCUT2D eigenvalue weighted by Crippen LogP contribution is 2.45. The molecule has 0 aromatic carbocycles. The number of phosphoric ester groups is 2. The molecule has 0 aromatic heterocycles. The summed E-state index contributed by atoms with van der Waals surface area (Å²) in [5.74, 6) is -1.40. The Balaban J connectivity index is 5.22. The topological polar surface area (TPSA) is 237 Å². The van der Waals surface area contributed by atoms with E-state index in [0.29, 0.717) is 31.6 Å². The largest absolute Gasteiger partial charge is 0.472 e. The molecule has 19 heteroatoms. The number of unbranched alkanes of at least 4 members (excludes halogenated alkanes) is 55. The summed E-state index contributed by atoms with van der Waals surface area (Å²) in [6.45, 7) is 7.29. The number of ether oxygens (including phenoxy) is 4. The molecule has 102 heavy (non-hydrogen) atoms. The zero-order valence-corrected chi connectivity index (χ0v) is 68.5. The van der Waals surface area contributed by atoms with E-state index < -0.39 is 97.5 Å². The zero-order valence-electron chi connectivity index (χ0n) is 66.8. The summed E-state index contributed by atoms with van der Waals surface area (Å²) < 4.78 is 68.8. The number of esters is 4. The quantitative estimate of drug-likeness (QED) is 0.0222. The fraction of sp³-hybridized carbons (Fsp3) is 0.952. The van der Waals surface area contributed by atoms with Crippen molar-refractivity contribution in [1.82, 2.24) is 0 Å². The van der Waals surface area contributed by atoms with E-state index >= 15 is 0 Å². The molecule has 0 rings (SSSR count). The maximum atomic E-state index is 13.1. The van der Waals surface area contributed by atoms with E-state index in [0.717, 1.165) is 96.3 Å². The third kappa shape index (κ3) is 76.3. The van der Waals surface area contributed by atoms with E-state index in [1.165, 1.54) is 263 Å². The van der Waals surface area contributed by atoms with Gasteiger partial charge in [-0.1, -0.05) is 394 Å². The van der Waals surface area contributed by atoms with Crippen LogP contribution in [0.4, 0.5) is 0 Å². The lowest BCUT2D eigenvalue weighted by Gasteiger charge is -2.21. The molecule has 0 fully saturated rings. The standard InChI is InChI=1S/C83H162O17P2/c1-6-9-12-15-18-21-24-27-29-31-33-35-37-39-42-45-48-53-59-64-69-83(88)99-78(72-93-80(85)66-61-56-51-46-43-41-38-36-34-32-30-28-25-22-19-16-13-10-7-2)74-97-101(89,90)95-70-77(84)71-96-102(91,92)98-75-79(73-94-81(86)67-62-57-54-49-50-55-60-65-76(4)5)100-82(87)68-63-58-52-47-44-40-26-23-20-17-14-11-8-3/h76-79,84H,6-75H2,1-5H3,(H,89,90)(H,91,92)/t77-,78-,79-/m1/s1. The molecule has 0 radical (unpaired) electrons. The summed E-state index contributed by atoms with van der Waals surface area (Å²) in [6, 6.07) is 0. The second-order valence-electron chi connectivity index (χ2n) is 30.3. The van der Waals surface area contributed by atoms with E-state index in [-0.39, 0.29) is 25.7 Å². The fourth-order valence-electron chi connectivity index (χ4n) is 12.9. The number of phosphoric acid groups is 2. The lowest BCUT2D eigenvalue weighted by atomic mass is 10.0. The summed E-state index contributed by atoms with van der Waals surface area (Å²) in [7, 11) is -9.92. The second kappa shape index (κ2) is 75.9. The Morgan fingerprint density at radius 1 is 0.265 bits per heavy atom. The predicted molar refractivity (Wildman–Crippen MR) is 418 cm³/mol. The van der Waals surface area contributed by atoms with Crippen LogP contribution in [0.1, 0.15) is 446 Å². The molecule has 0 aromatic rings. The molecule has 0 spiro atoms. The third-order valence-electron chi connectivity index (χ3n) is 19.5. The van der Waals surface area contributed by atoms with Crippen molar-refractivity contribution in [3.05, 3.63) is 0 Å². The summed E-state index contributed by atoms with van der Waals surface area (Å²) in [5.41, 5.74) is 0. The van der Waals surface area contributed by atoms with Crippen LogP contribution in [0.15, 0.2) is 0 Å². The molecule has 0 saturated heterocycles. The van der Waals surface area contributed by atoms with Gasteiger partial charge in [0.1, 0.15) is 19.3 Å². The van der Waals surface area contributed by atoms with Crippen molar-refractivity contribution < 1.29 is 80.2 Å². The highest BCUT2D eigenvalue weighted by Gasteiger charge is 2.30. The molecule has 606 valence electrons. The van der Waals surface area contributed by atoms with E-state index in [2.05, 4.69) is 34.6 Å². The number of hydrogen-bond donors (Lipinski definition) is 3. The average Bonchev–Trinajstić information content (AvgIpc) is 0.917. The molecule has 0 aliphatic heterocycles. The molecule has 2 unspecified atom stereocenters. The van der Waals surface area contributed by atoms with Gasteiger partial charge in [-0.15, -0.1) is 0 Å². The van der Waals surface area contributed by atoms with Crippen molar-refractivity contribution in [3.63, 3.8) is 0 Å². The Bertz CT molecular complexity index is 1940. The minimum Gasteiger partial charge on any atom is -0.462 e. The van der Waals surface area contributed by atoms with Crippen LogP contribution in [0.25, 0.3) is 0 Å². The van der Waals surface area contributed by atoms with Gasteiger partial charge >= 0.3 is 39.5 Å². The van der Waals surface area contributed by atoms with Gasteiger partial charge in [-0.3, -0.25) is 37.3 Å². The van der Waals surface area contributed by atoms with Gasteiger partial charge in [0.25, 0.3) is 0 Å². The molecular formula is C83H162O17P2. The van der Waals surface area contributed by atoms with Crippen LogP contribution in [-0.4, -0.2) is 96.7 Å². The van der Waals surface area contributed by atoms with Gasteiger partial charge in [-0.2, -0.15) is 0 Å². The first-order valence-corrected chi connectivity index (χ1v) is 46.1. The number of aliphatic hydroxyl groups is 1. The van der Waals surface area contributed by atoms with Crippen LogP contribution in [0.2, 0.25) is 0 Å². The van der Waals surface area contributed by atoms with Gasteiger partial charge in [-0.25, -0.2) is 9.13 Å². The molecule has 0 amide bonds. The van der Waals surface area contributed by atoms with Crippen molar-refractivity contribution >= 4 is 39.5 Å². The molecule has 5 atom stereocenters. The van der Waals surface area contributed by atoms with Crippen LogP contribution >= 0.6 is 15.6 Å². The third-order valence-corrected chi connectivity index (χ3v) is 21.4. The summed E-state index contributed by atoms with van der Waals surface area (Å²) in [6.07, 6.45) is 68.2. The van der Waals surface area contributed by atoms with Crippen molar-refractivity contribution in [1.29, 1.82) is 0 Å². The molecule has 17 nitrogen and oxygen atoms in total. The first kappa shape index (κ1) is 100. The number of carbonyl (C=O) groups is 4. The average molecular weight is 1490 g/mol. The lowest BCUT2D eigenvalue weighted by molar-refractivity contribution is -0.161. The smallest absolute Gasteiger partial charge is 0.462 e. The van der Waals surface area contributed by atoms with Crippen molar-refractivity contribution in [2.45, 2.75) is 464 Å². The minimum atomic E-state index is -4.96. The highest BCUT2D eigenvalue weighted by atomic mass is 31.2. The van der Waals surface area contributed by atoms with Gasteiger partial charge in [-0.05, 0) is 31.6 Å². The van der Waals surface area contributed by atoms with Gasteiger partial charge in [0.2, 0.25) is 0 Å². The molecule has 3 N–H and O–H groups in total.